The third-order valence-electron chi connectivity index (χ3n) is 4.09. The second kappa shape index (κ2) is 4.56. The van der Waals surface area contributed by atoms with E-state index in [2.05, 4.69) is 53.0 Å². The van der Waals surface area contributed by atoms with Gasteiger partial charge >= 0.3 is 0 Å². The quantitative estimate of drug-likeness (QED) is 0.909. The fraction of sp³-hybridized carbons (Fsp3) is 0.375. The van der Waals surface area contributed by atoms with Gasteiger partial charge in [0.25, 0.3) is 0 Å². The van der Waals surface area contributed by atoms with Crippen molar-refractivity contribution < 1.29 is 0 Å². The van der Waals surface area contributed by atoms with Gasteiger partial charge < -0.3 is 5.73 Å². The Morgan fingerprint density at radius 2 is 1.90 bits per heavy atom. The van der Waals surface area contributed by atoms with Gasteiger partial charge in [0.2, 0.25) is 0 Å². The Morgan fingerprint density at radius 1 is 1.20 bits per heavy atom. The van der Waals surface area contributed by atoms with Crippen LogP contribution in [0.25, 0.3) is 0 Å². The monoisotopic (exact) mass is 268 g/mol. The van der Waals surface area contributed by atoms with Crippen LogP contribution in [0.2, 0.25) is 0 Å². The van der Waals surface area contributed by atoms with Crippen molar-refractivity contribution in [2.75, 3.05) is 5.73 Å². The number of anilines is 1. The number of aromatic nitrogens is 2. The predicted octanol–water partition coefficient (Wildman–Crippen LogP) is 2.62. The number of benzene rings is 1. The minimum Gasteiger partial charge on any atom is -0.383 e. The maximum absolute atomic E-state index is 6.07. The van der Waals surface area contributed by atoms with Gasteiger partial charge in [-0.3, -0.25) is 4.90 Å². The zero-order valence-corrected chi connectivity index (χ0v) is 12.2. The Bertz CT molecular complexity index is 634. The second-order valence-corrected chi connectivity index (χ2v) is 5.88. The molecule has 4 nitrogen and oxygen atoms in total. The SMILES string of the molecule is Cc1nc(N)c2c(n1)C(C)(C)N(Cc1ccccc1)C2. The van der Waals surface area contributed by atoms with E-state index in [1.807, 2.05) is 13.0 Å². The second-order valence-electron chi connectivity index (χ2n) is 5.88. The lowest BCUT2D eigenvalue weighted by atomic mass is 9.99. The summed E-state index contributed by atoms with van der Waals surface area (Å²) < 4.78 is 0. The van der Waals surface area contributed by atoms with E-state index in [1.165, 1.54) is 5.56 Å². The highest BCUT2D eigenvalue weighted by Gasteiger charge is 2.40. The molecule has 0 amide bonds. The van der Waals surface area contributed by atoms with Gasteiger partial charge in [-0.15, -0.1) is 0 Å². The lowest BCUT2D eigenvalue weighted by molar-refractivity contribution is 0.125. The molecule has 4 heteroatoms. The number of hydrogen-bond acceptors (Lipinski definition) is 4. The van der Waals surface area contributed by atoms with Crippen LogP contribution in [0.5, 0.6) is 0 Å². The van der Waals surface area contributed by atoms with E-state index in [0.717, 1.165) is 30.2 Å². The molecule has 1 aliphatic heterocycles. The Labute approximate surface area is 119 Å². The number of nitrogens with two attached hydrogens (primary N) is 1. The van der Waals surface area contributed by atoms with Crippen molar-refractivity contribution in [3.05, 3.63) is 53.0 Å². The molecule has 104 valence electrons. The molecule has 0 saturated carbocycles. The van der Waals surface area contributed by atoms with Crippen LogP contribution in [0.1, 0.15) is 36.5 Å². The largest absolute Gasteiger partial charge is 0.383 e. The van der Waals surface area contributed by atoms with Crippen molar-refractivity contribution in [1.82, 2.24) is 14.9 Å². The molecule has 0 radical (unpaired) electrons. The molecular formula is C16H20N4. The Kier molecular flexibility index (Phi) is 2.98. The topological polar surface area (TPSA) is 55.0 Å². The lowest BCUT2D eigenvalue weighted by Crippen LogP contribution is -2.35. The first-order valence-corrected chi connectivity index (χ1v) is 6.91. The van der Waals surface area contributed by atoms with E-state index in [9.17, 15) is 0 Å². The molecule has 1 aliphatic rings. The summed E-state index contributed by atoms with van der Waals surface area (Å²) in [6, 6.07) is 10.5. The van der Waals surface area contributed by atoms with Gasteiger partial charge in [-0.25, -0.2) is 9.97 Å². The number of hydrogen-bond donors (Lipinski definition) is 1. The number of rotatable bonds is 2. The zero-order valence-electron chi connectivity index (χ0n) is 12.2. The Hall–Kier alpha value is -1.94. The number of fused-ring (bicyclic) bond motifs is 1. The summed E-state index contributed by atoms with van der Waals surface area (Å²) in [5.41, 5.74) is 9.40. The molecule has 0 saturated heterocycles. The maximum Gasteiger partial charge on any atom is 0.131 e. The highest BCUT2D eigenvalue weighted by atomic mass is 15.2. The molecule has 3 rings (SSSR count). The van der Waals surface area contributed by atoms with Gasteiger partial charge in [-0.1, -0.05) is 30.3 Å². The number of nitrogen functional groups attached to an aromatic ring is 1. The van der Waals surface area contributed by atoms with Crippen molar-refractivity contribution in [3.8, 4) is 0 Å². The van der Waals surface area contributed by atoms with E-state index < -0.39 is 0 Å². The molecule has 0 bridgehead atoms. The fourth-order valence-electron chi connectivity index (χ4n) is 2.87. The maximum atomic E-state index is 6.07. The summed E-state index contributed by atoms with van der Waals surface area (Å²) in [6.45, 7) is 8.00. The van der Waals surface area contributed by atoms with Crippen LogP contribution in [-0.4, -0.2) is 14.9 Å². The average molecular weight is 268 g/mol. The van der Waals surface area contributed by atoms with Crippen LogP contribution in [-0.2, 0) is 18.6 Å². The summed E-state index contributed by atoms with van der Waals surface area (Å²) >= 11 is 0. The van der Waals surface area contributed by atoms with Gasteiger partial charge in [0.15, 0.2) is 0 Å². The summed E-state index contributed by atoms with van der Waals surface area (Å²) in [4.78, 5) is 11.3. The molecule has 0 unspecified atom stereocenters. The fourth-order valence-corrected chi connectivity index (χ4v) is 2.87. The van der Waals surface area contributed by atoms with Crippen LogP contribution in [0.15, 0.2) is 30.3 Å². The predicted molar refractivity (Wildman–Crippen MR) is 79.9 cm³/mol. The lowest BCUT2D eigenvalue weighted by Gasteiger charge is -2.31. The summed E-state index contributed by atoms with van der Waals surface area (Å²) in [5.74, 6) is 1.37. The first-order chi connectivity index (χ1) is 9.48. The number of aryl methyl sites for hydroxylation is 1. The van der Waals surface area contributed by atoms with E-state index in [0.29, 0.717) is 5.82 Å². The van der Waals surface area contributed by atoms with E-state index in [1.54, 1.807) is 0 Å². The minimum atomic E-state index is -0.118. The van der Waals surface area contributed by atoms with Crippen LogP contribution < -0.4 is 5.73 Å². The van der Waals surface area contributed by atoms with Gasteiger partial charge in [-0.2, -0.15) is 0 Å². The summed E-state index contributed by atoms with van der Waals surface area (Å²) in [6.07, 6.45) is 0. The van der Waals surface area contributed by atoms with Crippen molar-refractivity contribution in [3.63, 3.8) is 0 Å². The molecule has 0 atom stereocenters. The molecule has 0 aliphatic carbocycles. The molecule has 2 N–H and O–H groups in total. The third-order valence-corrected chi connectivity index (χ3v) is 4.09. The standard InChI is InChI=1S/C16H20N4/c1-11-18-14-13(15(17)19-11)10-20(16(14,2)3)9-12-7-5-4-6-8-12/h4-8H,9-10H2,1-3H3,(H2,17,18,19). The number of nitrogens with zero attached hydrogens (tertiary/aromatic N) is 3. The van der Waals surface area contributed by atoms with Crippen LogP contribution in [0, 0.1) is 6.92 Å². The van der Waals surface area contributed by atoms with Crippen molar-refractivity contribution in [1.29, 1.82) is 0 Å². The first-order valence-electron chi connectivity index (χ1n) is 6.91. The third kappa shape index (κ3) is 2.06. The molecular weight excluding hydrogens is 248 g/mol. The zero-order chi connectivity index (χ0) is 14.3. The molecule has 1 aromatic heterocycles. The molecule has 0 fully saturated rings. The van der Waals surface area contributed by atoms with Crippen LogP contribution >= 0.6 is 0 Å². The average Bonchev–Trinajstić information content (AvgIpc) is 2.64. The summed E-state index contributed by atoms with van der Waals surface area (Å²) in [5, 5.41) is 0. The van der Waals surface area contributed by atoms with Gasteiger partial charge in [-0.05, 0) is 26.3 Å². The molecule has 2 heterocycles. The van der Waals surface area contributed by atoms with E-state index in [4.69, 9.17) is 5.73 Å². The van der Waals surface area contributed by atoms with Gasteiger partial charge in [0, 0.05) is 18.7 Å². The van der Waals surface area contributed by atoms with Crippen LogP contribution in [0.3, 0.4) is 0 Å². The molecule has 20 heavy (non-hydrogen) atoms. The highest BCUT2D eigenvalue weighted by molar-refractivity contribution is 5.47. The van der Waals surface area contributed by atoms with Gasteiger partial charge in [0.1, 0.15) is 11.6 Å². The van der Waals surface area contributed by atoms with Crippen molar-refractivity contribution >= 4 is 5.82 Å². The van der Waals surface area contributed by atoms with Crippen LogP contribution in [0.4, 0.5) is 5.82 Å². The Balaban J connectivity index is 1.96. The molecule has 1 aromatic carbocycles. The van der Waals surface area contributed by atoms with Crippen molar-refractivity contribution in [2.45, 2.75) is 39.4 Å². The molecule has 0 spiro atoms. The first kappa shape index (κ1) is 13.1. The smallest absolute Gasteiger partial charge is 0.131 e. The normalized spacial score (nSPS) is 17.1. The van der Waals surface area contributed by atoms with E-state index in [-0.39, 0.29) is 5.54 Å². The minimum absolute atomic E-state index is 0.118. The van der Waals surface area contributed by atoms with E-state index >= 15 is 0 Å². The van der Waals surface area contributed by atoms with Gasteiger partial charge in [0.05, 0.1) is 11.2 Å². The highest BCUT2D eigenvalue weighted by Crippen LogP contribution is 2.40. The van der Waals surface area contributed by atoms with Crippen molar-refractivity contribution in [2.24, 2.45) is 0 Å². The summed E-state index contributed by atoms with van der Waals surface area (Å²) in [7, 11) is 0. The Morgan fingerprint density at radius 3 is 2.60 bits per heavy atom. The molecule has 2 aromatic rings.